The summed E-state index contributed by atoms with van der Waals surface area (Å²) in [4.78, 5) is 24.7. The highest BCUT2D eigenvalue weighted by Gasteiger charge is 2.31. The Labute approximate surface area is 189 Å². The van der Waals surface area contributed by atoms with E-state index in [9.17, 15) is 14.0 Å². The van der Waals surface area contributed by atoms with Crippen LogP contribution in [-0.4, -0.2) is 18.0 Å². The molecule has 0 aromatic heterocycles. The third kappa shape index (κ3) is 4.51. The molecule has 0 radical (unpaired) electrons. The predicted molar refractivity (Wildman–Crippen MR) is 115 cm³/mol. The number of benzene rings is 3. The van der Waals surface area contributed by atoms with Crippen LogP contribution in [0.5, 0.6) is 11.5 Å². The van der Waals surface area contributed by atoms with Gasteiger partial charge in [0.2, 0.25) is 6.29 Å². The third-order valence-electron chi connectivity index (χ3n) is 5.34. The van der Waals surface area contributed by atoms with E-state index < -0.39 is 30.1 Å². The Hall–Kier alpha value is -3.91. The average molecular weight is 449 g/mol. The minimum atomic E-state index is -1.01. The molecule has 2 aliphatic rings. The van der Waals surface area contributed by atoms with Crippen LogP contribution in [0.2, 0.25) is 0 Å². The number of hydrogen-bond donors (Lipinski definition) is 1. The Morgan fingerprint density at radius 3 is 2.70 bits per heavy atom. The van der Waals surface area contributed by atoms with Crippen LogP contribution in [0.15, 0.2) is 66.7 Å². The number of amides is 1. The van der Waals surface area contributed by atoms with Crippen molar-refractivity contribution in [3.05, 3.63) is 89.2 Å². The quantitative estimate of drug-likeness (QED) is 0.586. The van der Waals surface area contributed by atoms with Crippen LogP contribution in [0, 0.1) is 5.82 Å². The average Bonchev–Trinajstić information content (AvgIpc) is 2.83. The first-order valence-electron chi connectivity index (χ1n) is 10.4. The van der Waals surface area contributed by atoms with Crippen molar-refractivity contribution in [2.75, 3.05) is 5.32 Å². The lowest BCUT2D eigenvalue weighted by atomic mass is 10.1. The van der Waals surface area contributed by atoms with E-state index in [1.165, 1.54) is 12.1 Å². The fourth-order valence-corrected chi connectivity index (χ4v) is 3.75. The Bertz CT molecular complexity index is 1200. The highest BCUT2D eigenvalue weighted by atomic mass is 19.1. The maximum atomic E-state index is 14.1. The van der Waals surface area contributed by atoms with Gasteiger partial charge >= 0.3 is 5.97 Å². The van der Waals surface area contributed by atoms with Crippen LogP contribution in [0.4, 0.5) is 10.1 Å². The summed E-state index contributed by atoms with van der Waals surface area (Å²) in [7, 11) is 0. The number of fused-ring (bicyclic) bond motifs is 2. The minimum Gasteiger partial charge on any atom is -0.478 e. The first-order valence-corrected chi connectivity index (χ1v) is 10.4. The van der Waals surface area contributed by atoms with Crippen molar-refractivity contribution in [1.29, 1.82) is 0 Å². The lowest BCUT2D eigenvalue weighted by Crippen LogP contribution is -2.38. The number of anilines is 1. The molecule has 5 rings (SSSR count). The molecule has 3 aromatic carbocycles. The fourth-order valence-electron chi connectivity index (χ4n) is 3.75. The fraction of sp³-hybridized carbons (Fsp3) is 0.200. The van der Waals surface area contributed by atoms with E-state index in [0.717, 1.165) is 5.56 Å². The molecule has 0 unspecified atom stereocenters. The molecule has 0 fully saturated rings. The monoisotopic (exact) mass is 449 g/mol. The summed E-state index contributed by atoms with van der Waals surface area (Å²) in [6.45, 7) is -0.0611. The first kappa shape index (κ1) is 21.0. The molecule has 2 aliphatic heterocycles. The van der Waals surface area contributed by atoms with E-state index in [1.54, 1.807) is 24.3 Å². The van der Waals surface area contributed by atoms with Crippen molar-refractivity contribution in [3.63, 3.8) is 0 Å². The molecular formula is C25H20FNO6. The standard InChI is InChI=1S/C25H20FNO6/c26-18-10-16(23-17(11-18)14-31-25(33-23)15-6-2-1-3-7-15)13-30-22(28)12-21-24(29)27-19-8-4-5-9-20(19)32-21/h1-11,21,25H,12-14H2,(H,27,29)/t21-,25+/m1/s1. The number of rotatable bonds is 5. The van der Waals surface area contributed by atoms with Gasteiger partial charge in [-0.2, -0.15) is 0 Å². The summed E-state index contributed by atoms with van der Waals surface area (Å²) < 4.78 is 36.8. The van der Waals surface area contributed by atoms with Crippen LogP contribution in [0.1, 0.15) is 29.4 Å². The molecule has 2 heterocycles. The van der Waals surface area contributed by atoms with Gasteiger partial charge in [-0.25, -0.2) is 4.39 Å². The van der Waals surface area contributed by atoms with Gasteiger partial charge in [-0.05, 0) is 24.3 Å². The SMILES string of the molecule is O=C(C[C@H]1Oc2ccccc2NC1=O)OCc1cc(F)cc2c1O[C@@H](c1ccccc1)OC2. The molecule has 3 aromatic rings. The summed E-state index contributed by atoms with van der Waals surface area (Å²) in [6.07, 6.45) is -1.95. The summed E-state index contributed by atoms with van der Waals surface area (Å²) in [5, 5.41) is 2.70. The Balaban J connectivity index is 1.26. The lowest BCUT2D eigenvalue weighted by Gasteiger charge is -2.28. The van der Waals surface area contributed by atoms with E-state index in [1.807, 2.05) is 30.3 Å². The van der Waals surface area contributed by atoms with Crippen LogP contribution in [0.3, 0.4) is 0 Å². The lowest BCUT2D eigenvalue weighted by molar-refractivity contribution is -0.149. The van der Waals surface area contributed by atoms with Gasteiger partial charge in [0.05, 0.1) is 18.7 Å². The predicted octanol–water partition coefficient (Wildman–Crippen LogP) is 4.27. The number of carbonyl (C=O) groups excluding carboxylic acids is 2. The van der Waals surface area contributed by atoms with E-state index in [2.05, 4.69) is 5.32 Å². The number of ether oxygens (including phenoxy) is 4. The zero-order valence-corrected chi connectivity index (χ0v) is 17.5. The number of para-hydroxylation sites is 2. The van der Waals surface area contributed by atoms with Gasteiger partial charge in [0.1, 0.15) is 23.9 Å². The second-order valence-corrected chi connectivity index (χ2v) is 7.68. The number of esters is 1. The zero-order chi connectivity index (χ0) is 22.8. The van der Waals surface area contributed by atoms with Gasteiger partial charge in [-0.3, -0.25) is 9.59 Å². The molecular weight excluding hydrogens is 429 g/mol. The number of carbonyl (C=O) groups is 2. The smallest absolute Gasteiger partial charge is 0.310 e. The first-order chi connectivity index (χ1) is 16.1. The Morgan fingerprint density at radius 2 is 1.85 bits per heavy atom. The van der Waals surface area contributed by atoms with E-state index in [4.69, 9.17) is 18.9 Å². The number of nitrogens with one attached hydrogen (secondary N) is 1. The third-order valence-corrected chi connectivity index (χ3v) is 5.34. The largest absolute Gasteiger partial charge is 0.478 e. The van der Waals surface area contributed by atoms with Crippen molar-refractivity contribution >= 4 is 17.6 Å². The van der Waals surface area contributed by atoms with E-state index in [0.29, 0.717) is 28.3 Å². The Morgan fingerprint density at radius 1 is 1.06 bits per heavy atom. The summed E-state index contributed by atoms with van der Waals surface area (Å²) in [5.41, 5.74) is 2.27. The number of halogens is 1. The molecule has 33 heavy (non-hydrogen) atoms. The van der Waals surface area contributed by atoms with E-state index >= 15 is 0 Å². The highest BCUT2D eigenvalue weighted by Crippen LogP contribution is 2.37. The molecule has 1 N–H and O–H groups in total. The van der Waals surface area contributed by atoms with Crippen molar-refractivity contribution in [2.24, 2.45) is 0 Å². The van der Waals surface area contributed by atoms with Crippen LogP contribution >= 0.6 is 0 Å². The van der Waals surface area contributed by atoms with Crippen molar-refractivity contribution in [2.45, 2.75) is 32.0 Å². The molecule has 0 bridgehead atoms. The molecule has 7 nitrogen and oxygen atoms in total. The van der Waals surface area contributed by atoms with Gasteiger partial charge in [0.15, 0.2) is 6.10 Å². The maximum Gasteiger partial charge on any atom is 0.310 e. The number of hydrogen-bond acceptors (Lipinski definition) is 6. The van der Waals surface area contributed by atoms with Crippen molar-refractivity contribution in [3.8, 4) is 11.5 Å². The summed E-state index contributed by atoms with van der Waals surface area (Å²) >= 11 is 0. The Kier molecular flexibility index (Phi) is 5.66. The second kappa shape index (κ2) is 8.91. The van der Waals surface area contributed by atoms with Crippen LogP contribution in [0.25, 0.3) is 0 Å². The van der Waals surface area contributed by atoms with Gasteiger partial charge in [-0.1, -0.05) is 42.5 Å². The molecule has 0 saturated heterocycles. The van der Waals surface area contributed by atoms with Crippen LogP contribution < -0.4 is 14.8 Å². The molecule has 8 heteroatoms. The minimum absolute atomic E-state index is 0.156. The second-order valence-electron chi connectivity index (χ2n) is 7.68. The summed E-state index contributed by atoms with van der Waals surface area (Å²) in [5.74, 6) is -0.671. The van der Waals surface area contributed by atoms with Gasteiger partial charge in [0.25, 0.3) is 5.91 Å². The van der Waals surface area contributed by atoms with Crippen LogP contribution in [-0.2, 0) is 32.3 Å². The molecule has 1 amide bonds. The van der Waals surface area contributed by atoms with Gasteiger partial charge in [-0.15, -0.1) is 0 Å². The normalized spacial score (nSPS) is 18.8. The zero-order valence-electron chi connectivity index (χ0n) is 17.5. The van der Waals surface area contributed by atoms with E-state index in [-0.39, 0.29) is 19.6 Å². The van der Waals surface area contributed by atoms with Gasteiger partial charge < -0.3 is 24.3 Å². The highest BCUT2D eigenvalue weighted by molar-refractivity contribution is 5.99. The molecule has 0 spiro atoms. The summed E-state index contributed by atoms with van der Waals surface area (Å²) in [6, 6.07) is 18.9. The molecule has 168 valence electrons. The van der Waals surface area contributed by atoms with Crippen molar-refractivity contribution < 1.29 is 32.9 Å². The van der Waals surface area contributed by atoms with Gasteiger partial charge in [0, 0.05) is 16.7 Å². The molecule has 2 atom stereocenters. The molecule has 0 saturated carbocycles. The maximum absolute atomic E-state index is 14.1. The topological polar surface area (TPSA) is 83.1 Å². The van der Waals surface area contributed by atoms with Crippen molar-refractivity contribution in [1.82, 2.24) is 0 Å². The molecule has 0 aliphatic carbocycles.